The van der Waals surface area contributed by atoms with Crippen molar-refractivity contribution in [2.75, 3.05) is 11.9 Å². The standard InChI is InChI=1S/C14H17N3O3S/c1-9(2)7-13-16-17-14(21-13)15-12(19)8-20-11-6-4-3-5-10(11)18/h3-6,9,18H,7-8H2,1-2H3,(H,15,17,19). The van der Waals surface area contributed by atoms with Crippen LogP contribution in [-0.4, -0.2) is 27.8 Å². The van der Waals surface area contributed by atoms with Crippen LogP contribution in [0.2, 0.25) is 0 Å². The van der Waals surface area contributed by atoms with Crippen LogP contribution in [0, 0.1) is 5.92 Å². The number of hydrogen-bond donors (Lipinski definition) is 2. The van der Waals surface area contributed by atoms with Crippen LogP contribution in [0.3, 0.4) is 0 Å². The van der Waals surface area contributed by atoms with E-state index in [0.717, 1.165) is 11.4 Å². The average molecular weight is 307 g/mol. The quantitative estimate of drug-likeness (QED) is 0.856. The lowest BCUT2D eigenvalue weighted by atomic mass is 10.1. The first-order chi connectivity index (χ1) is 10.0. The summed E-state index contributed by atoms with van der Waals surface area (Å²) in [7, 11) is 0. The van der Waals surface area contributed by atoms with E-state index in [4.69, 9.17) is 4.74 Å². The largest absolute Gasteiger partial charge is 0.504 e. The van der Waals surface area contributed by atoms with Crippen LogP contribution in [0.4, 0.5) is 5.13 Å². The number of hydrogen-bond acceptors (Lipinski definition) is 6. The van der Waals surface area contributed by atoms with Crippen molar-refractivity contribution in [1.82, 2.24) is 10.2 Å². The van der Waals surface area contributed by atoms with Crippen LogP contribution in [-0.2, 0) is 11.2 Å². The van der Waals surface area contributed by atoms with Crippen LogP contribution in [0.15, 0.2) is 24.3 Å². The number of ether oxygens (including phenoxy) is 1. The van der Waals surface area contributed by atoms with Gasteiger partial charge >= 0.3 is 0 Å². The van der Waals surface area contributed by atoms with Gasteiger partial charge in [0, 0.05) is 6.42 Å². The highest BCUT2D eigenvalue weighted by Crippen LogP contribution is 2.24. The van der Waals surface area contributed by atoms with Crippen molar-refractivity contribution in [1.29, 1.82) is 0 Å². The minimum atomic E-state index is -0.342. The zero-order valence-corrected chi connectivity index (χ0v) is 12.7. The Bertz CT molecular complexity index is 613. The average Bonchev–Trinajstić information content (AvgIpc) is 2.84. The smallest absolute Gasteiger partial charge is 0.264 e. The van der Waals surface area contributed by atoms with Crippen molar-refractivity contribution in [2.45, 2.75) is 20.3 Å². The molecule has 0 spiro atoms. The van der Waals surface area contributed by atoms with Crippen LogP contribution in [0.1, 0.15) is 18.9 Å². The number of benzene rings is 1. The first kappa shape index (κ1) is 15.2. The van der Waals surface area contributed by atoms with Crippen molar-refractivity contribution in [2.24, 2.45) is 5.92 Å². The van der Waals surface area contributed by atoms with Gasteiger partial charge in [-0.25, -0.2) is 0 Å². The van der Waals surface area contributed by atoms with E-state index in [1.165, 1.54) is 17.4 Å². The lowest BCUT2D eigenvalue weighted by molar-refractivity contribution is -0.118. The molecule has 0 aliphatic carbocycles. The second kappa shape index (κ2) is 7.03. The molecule has 1 aromatic carbocycles. The Kier molecular flexibility index (Phi) is 5.10. The van der Waals surface area contributed by atoms with E-state index >= 15 is 0 Å². The molecular formula is C14H17N3O3S. The molecule has 7 heteroatoms. The van der Waals surface area contributed by atoms with Crippen LogP contribution >= 0.6 is 11.3 Å². The molecule has 1 aromatic heterocycles. The molecule has 0 aliphatic heterocycles. The Hall–Kier alpha value is -2.15. The summed E-state index contributed by atoms with van der Waals surface area (Å²) >= 11 is 1.36. The third-order valence-corrected chi connectivity index (χ3v) is 3.38. The van der Waals surface area contributed by atoms with Crippen molar-refractivity contribution in [3.8, 4) is 11.5 Å². The van der Waals surface area contributed by atoms with Gasteiger partial charge in [0.15, 0.2) is 18.1 Å². The third-order valence-electron chi connectivity index (χ3n) is 2.52. The molecule has 0 bridgehead atoms. The van der Waals surface area contributed by atoms with Gasteiger partial charge in [0.25, 0.3) is 5.91 Å². The highest BCUT2D eigenvalue weighted by molar-refractivity contribution is 7.15. The van der Waals surface area contributed by atoms with Gasteiger partial charge in [-0.15, -0.1) is 10.2 Å². The van der Waals surface area contributed by atoms with Crippen LogP contribution in [0.25, 0.3) is 0 Å². The molecule has 0 saturated heterocycles. The molecule has 1 heterocycles. The van der Waals surface area contributed by atoms with Crippen molar-refractivity contribution in [3.05, 3.63) is 29.3 Å². The number of nitrogens with zero attached hydrogens (tertiary/aromatic N) is 2. The number of anilines is 1. The summed E-state index contributed by atoms with van der Waals surface area (Å²) in [6.45, 7) is 4.00. The summed E-state index contributed by atoms with van der Waals surface area (Å²) in [6, 6.07) is 6.49. The number of phenols is 1. The second-order valence-corrected chi connectivity index (χ2v) is 5.97. The summed E-state index contributed by atoms with van der Waals surface area (Å²) in [6.07, 6.45) is 0.835. The lowest BCUT2D eigenvalue weighted by Crippen LogP contribution is -2.20. The van der Waals surface area contributed by atoms with Gasteiger partial charge in [-0.05, 0) is 18.1 Å². The molecule has 112 valence electrons. The number of nitrogens with one attached hydrogen (secondary N) is 1. The normalized spacial score (nSPS) is 10.6. The fourth-order valence-electron chi connectivity index (χ4n) is 1.61. The molecule has 21 heavy (non-hydrogen) atoms. The minimum Gasteiger partial charge on any atom is -0.504 e. The Morgan fingerprint density at radius 1 is 1.38 bits per heavy atom. The molecule has 2 aromatic rings. The van der Waals surface area contributed by atoms with E-state index in [0.29, 0.717) is 11.0 Å². The van der Waals surface area contributed by atoms with Crippen LogP contribution in [0.5, 0.6) is 11.5 Å². The molecule has 1 amide bonds. The number of phenolic OH excluding ortho intramolecular Hbond substituents is 1. The van der Waals surface area contributed by atoms with Gasteiger partial charge in [-0.2, -0.15) is 0 Å². The molecule has 0 aliphatic rings. The number of amides is 1. The second-order valence-electron chi connectivity index (χ2n) is 4.90. The first-order valence-corrected chi connectivity index (χ1v) is 7.39. The third kappa shape index (κ3) is 4.71. The van der Waals surface area contributed by atoms with Crippen molar-refractivity contribution < 1.29 is 14.6 Å². The molecule has 6 nitrogen and oxygen atoms in total. The Morgan fingerprint density at radius 2 is 2.14 bits per heavy atom. The SMILES string of the molecule is CC(C)Cc1nnc(NC(=O)COc2ccccc2O)s1. The lowest BCUT2D eigenvalue weighted by Gasteiger charge is -2.06. The molecule has 0 saturated carbocycles. The maximum absolute atomic E-state index is 11.7. The van der Waals surface area contributed by atoms with Crippen molar-refractivity contribution in [3.63, 3.8) is 0 Å². The fraction of sp³-hybridized carbons (Fsp3) is 0.357. The number of aromatic hydroxyl groups is 1. The highest BCUT2D eigenvalue weighted by atomic mass is 32.1. The van der Waals surface area contributed by atoms with Gasteiger partial charge in [0.1, 0.15) is 5.01 Å². The Balaban J connectivity index is 1.84. The summed E-state index contributed by atoms with van der Waals surface area (Å²) in [5.41, 5.74) is 0. The molecule has 0 fully saturated rings. The zero-order valence-electron chi connectivity index (χ0n) is 11.9. The predicted octanol–water partition coefficient (Wildman–Crippen LogP) is 2.46. The van der Waals surface area contributed by atoms with Crippen molar-refractivity contribution >= 4 is 22.4 Å². The highest BCUT2D eigenvalue weighted by Gasteiger charge is 2.10. The topological polar surface area (TPSA) is 84.3 Å². The van der Waals surface area contributed by atoms with E-state index in [2.05, 4.69) is 29.4 Å². The van der Waals surface area contributed by atoms with Gasteiger partial charge in [-0.3, -0.25) is 10.1 Å². The molecular weight excluding hydrogens is 290 g/mol. The summed E-state index contributed by atoms with van der Waals surface area (Å²) in [5.74, 6) is 0.419. The van der Waals surface area contributed by atoms with E-state index in [1.54, 1.807) is 18.2 Å². The van der Waals surface area contributed by atoms with Gasteiger partial charge < -0.3 is 9.84 Å². The minimum absolute atomic E-state index is 0.000403. The zero-order chi connectivity index (χ0) is 15.2. The Labute approximate surface area is 126 Å². The molecule has 2 rings (SSSR count). The van der Waals surface area contributed by atoms with E-state index < -0.39 is 0 Å². The van der Waals surface area contributed by atoms with Gasteiger partial charge in [0.05, 0.1) is 0 Å². The van der Waals surface area contributed by atoms with Crippen LogP contribution < -0.4 is 10.1 Å². The van der Waals surface area contributed by atoms with E-state index in [1.807, 2.05) is 0 Å². The number of para-hydroxylation sites is 2. The molecule has 0 atom stereocenters. The maximum atomic E-state index is 11.7. The maximum Gasteiger partial charge on any atom is 0.264 e. The predicted molar refractivity (Wildman–Crippen MR) is 80.7 cm³/mol. The summed E-state index contributed by atoms with van der Waals surface area (Å²) in [5, 5.41) is 21.4. The molecule has 2 N–H and O–H groups in total. The van der Waals surface area contributed by atoms with E-state index in [9.17, 15) is 9.90 Å². The molecule has 0 unspecified atom stereocenters. The monoisotopic (exact) mass is 307 g/mol. The number of aromatic nitrogens is 2. The number of carbonyl (C=O) groups is 1. The fourth-order valence-corrected chi connectivity index (χ4v) is 2.58. The van der Waals surface area contributed by atoms with E-state index in [-0.39, 0.29) is 24.0 Å². The van der Waals surface area contributed by atoms with Gasteiger partial charge in [0.2, 0.25) is 5.13 Å². The summed E-state index contributed by atoms with van der Waals surface area (Å²) in [4.78, 5) is 11.7. The van der Waals surface area contributed by atoms with Gasteiger partial charge in [-0.1, -0.05) is 37.3 Å². The Morgan fingerprint density at radius 3 is 2.86 bits per heavy atom. The number of carbonyl (C=O) groups excluding carboxylic acids is 1. The first-order valence-electron chi connectivity index (χ1n) is 6.57. The summed E-state index contributed by atoms with van der Waals surface area (Å²) < 4.78 is 5.24. The molecule has 0 radical (unpaired) electrons. The number of rotatable bonds is 6.